The molecule has 2 rings (SSSR count). The van der Waals surface area contributed by atoms with Crippen LogP contribution in [0.4, 0.5) is 11.4 Å². The van der Waals surface area contributed by atoms with Gasteiger partial charge in [0.1, 0.15) is 0 Å². The highest BCUT2D eigenvalue weighted by Gasteiger charge is 2.02. The van der Waals surface area contributed by atoms with Crippen molar-refractivity contribution in [3.05, 3.63) is 86.0 Å². The molecule has 0 heterocycles. The van der Waals surface area contributed by atoms with Crippen molar-refractivity contribution in [2.75, 3.05) is 0 Å². The zero-order valence-corrected chi connectivity index (χ0v) is 11.3. The van der Waals surface area contributed by atoms with Crippen molar-refractivity contribution in [3.8, 4) is 11.8 Å². The minimum atomic E-state index is -0.467. The van der Waals surface area contributed by atoms with Crippen molar-refractivity contribution >= 4 is 17.5 Å². The van der Waals surface area contributed by atoms with Crippen LogP contribution < -0.4 is 0 Å². The highest BCUT2D eigenvalue weighted by molar-refractivity contribution is 5.55. The van der Waals surface area contributed by atoms with E-state index in [0.29, 0.717) is 5.56 Å². The third-order valence-corrected chi connectivity index (χ3v) is 2.76. The van der Waals surface area contributed by atoms with Crippen molar-refractivity contribution < 1.29 is 9.85 Å². The quantitative estimate of drug-likeness (QED) is 0.492. The predicted molar refractivity (Wildman–Crippen MR) is 82.1 cm³/mol. The van der Waals surface area contributed by atoms with Crippen molar-refractivity contribution in [2.24, 2.45) is 0 Å². The van der Waals surface area contributed by atoms with E-state index in [1.807, 2.05) is 0 Å². The number of nitro benzene ring substituents is 2. The summed E-state index contributed by atoms with van der Waals surface area (Å²) in [4.78, 5) is 20.1. The molecule has 0 unspecified atom stereocenters. The summed E-state index contributed by atoms with van der Waals surface area (Å²) in [6, 6.07) is 12.0. The molecule has 2 aromatic rings. The number of benzene rings is 2. The van der Waals surface area contributed by atoms with Crippen LogP contribution in [0.2, 0.25) is 0 Å². The Bertz CT molecular complexity index is 782. The summed E-state index contributed by atoms with van der Waals surface area (Å²) in [6.45, 7) is 0. The maximum absolute atomic E-state index is 10.5. The van der Waals surface area contributed by atoms with E-state index in [-0.39, 0.29) is 11.4 Å². The molecule has 6 heteroatoms. The first-order valence-electron chi connectivity index (χ1n) is 6.23. The van der Waals surface area contributed by atoms with E-state index in [4.69, 9.17) is 0 Å². The van der Waals surface area contributed by atoms with Gasteiger partial charge >= 0.3 is 0 Å². The van der Waals surface area contributed by atoms with Gasteiger partial charge in [-0.1, -0.05) is 11.8 Å². The van der Waals surface area contributed by atoms with Crippen LogP contribution in [-0.2, 0) is 0 Å². The molecule has 0 aromatic heterocycles. The number of hydrogen-bond donors (Lipinski definition) is 0. The van der Waals surface area contributed by atoms with Crippen molar-refractivity contribution in [1.82, 2.24) is 0 Å². The molecule has 0 saturated heterocycles. The zero-order chi connectivity index (χ0) is 15.9. The van der Waals surface area contributed by atoms with Gasteiger partial charge in [0.2, 0.25) is 0 Å². The molecule has 0 aliphatic heterocycles. The maximum atomic E-state index is 10.5. The van der Waals surface area contributed by atoms with Crippen LogP contribution in [-0.4, -0.2) is 9.85 Å². The summed E-state index contributed by atoms with van der Waals surface area (Å²) in [5.74, 6) is 5.64. The van der Waals surface area contributed by atoms with E-state index in [9.17, 15) is 20.2 Å². The Kier molecular flexibility index (Phi) is 4.63. The third kappa shape index (κ3) is 4.02. The van der Waals surface area contributed by atoms with E-state index in [1.165, 1.54) is 24.3 Å². The fourth-order valence-corrected chi connectivity index (χ4v) is 1.64. The maximum Gasteiger partial charge on any atom is 0.269 e. The molecule has 6 nitrogen and oxygen atoms in total. The number of rotatable bonds is 3. The second kappa shape index (κ2) is 6.81. The topological polar surface area (TPSA) is 86.3 Å². The van der Waals surface area contributed by atoms with Crippen LogP contribution in [0.1, 0.15) is 11.1 Å². The van der Waals surface area contributed by atoms with Gasteiger partial charge in [-0.25, -0.2) is 0 Å². The molecule has 0 bridgehead atoms. The van der Waals surface area contributed by atoms with E-state index >= 15 is 0 Å². The monoisotopic (exact) mass is 294 g/mol. The molecule has 0 aliphatic rings. The number of hydrogen-bond acceptors (Lipinski definition) is 4. The fourth-order valence-electron chi connectivity index (χ4n) is 1.64. The molecule has 0 spiro atoms. The van der Waals surface area contributed by atoms with Crippen LogP contribution in [0.15, 0.2) is 54.6 Å². The van der Waals surface area contributed by atoms with Crippen molar-refractivity contribution in [2.45, 2.75) is 0 Å². The molecular weight excluding hydrogens is 284 g/mol. The summed E-state index contributed by atoms with van der Waals surface area (Å²) in [7, 11) is 0. The van der Waals surface area contributed by atoms with Crippen LogP contribution in [0.3, 0.4) is 0 Å². The molecule has 0 N–H and O–H groups in total. The smallest absolute Gasteiger partial charge is 0.258 e. The lowest BCUT2D eigenvalue weighted by Gasteiger charge is -1.92. The number of nitrogens with zero attached hydrogens (tertiary/aromatic N) is 2. The van der Waals surface area contributed by atoms with E-state index in [1.54, 1.807) is 36.4 Å². The predicted octanol–water partition coefficient (Wildman–Crippen LogP) is 3.57. The average molecular weight is 294 g/mol. The minimum Gasteiger partial charge on any atom is -0.258 e. The average Bonchev–Trinajstić information content (AvgIpc) is 2.52. The first-order valence-corrected chi connectivity index (χ1v) is 6.23. The van der Waals surface area contributed by atoms with Gasteiger partial charge in [0.05, 0.1) is 9.85 Å². The molecule has 0 saturated carbocycles. The van der Waals surface area contributed by atoms with Crippen molar-refractivity contribution in [1.29, 1.82) is 0 Å². The molecule has 22 heavy (non-hydrogen) atoms. The van der Waals surface area contributed by atoms with Gasteiger partial charge < -0.3 is 0 Å². The fraction of sp³-hybridized carbons (Fsp3) is 0. The van der Waals surface area contributed by atoms with Gasteiger partial charge in [-0.05, 0) is 42.0 Å². The summed E-state index contributed by atoms with van der Waals surface area (Å²) in [5.41, 5.74) is 1.52. The summed E-state index contributed by atoms with van der Waals surface area (Å²) < 4.78 is 0. The molecule has 108 valence electrons. The van der Waals surface area contributed by atoms with Gasteiger partial charge in [-0.2, -0.15) is 0 Å². The molecule has 2 aromatic carbocycles. The Morgan fingerprint density at radius 1 is 0.818 bits per heavy atom. The summed E-state index contributed by atoms with van der Waals surface area (Å²) in [5, 5.41) is 21.0. The van der Waals surface area contributed by atoms with Gasteiger partial charge in [0.15, 0.2) is 0 Å². The van der Waals surface area contributed by atoms with Crippen LogP contribution in [0.25, 0.3) is 6.08 Å². The SMILES string of the molecule is O=[N+]([O-])c1ccc(C#CC=Cc2ccc([N+](=O)[O-])cc2)cc1. The van der Waals surface area contributed by atoms with Crippen LogP contribution >= 0.6 is 0 Å². The second-order valence-electron chi connectivity index (χ2n) is 4.26. The Morgan fingerprint density at radius 2 is 1.32 bits per heavy atom. The van der Waals surface area contributed by atoms with E-state index < -0.39 is 9.85 Å². The third-order valence-electron chi connectivity index (χ3n) is 2.76. The Hall–Kier alpha value is -3.46. The number of allylic oxidation sites excluding steroid dienone is 1. The van der Waals surface area contributed by atoms with E-state index in [0.717, 1.165) is 5.56 Å². The van der Waals surface area contributed by atoms with Crippen LogP contribution in [0.5, 0.6) is 0 Å². The highest BCUT2D eigenvalue weighted by Crippen LogP contribution is 2.13. The zero-order valence-electron chi connectivity index (χ0n) is 11.3. The summed E-state index contributed by atoms with van der Waals surface area (Å²) in [6.07, 6.45) is 3.34. The largest absolute Gasteiger partial charge is 0.269 e. The Morgan fingerprint density at radius 3 is 1.82 bits per heavy atom. The Labute approximate surface area is 126 Å². The molecular formula is C16H10N2O4. The van der Waals surface area contributed by atoms with Crippen molar-refractivity contribution in [3.63, 3.8) is 0 Å². The van der Waals surface area contributed by atoms with Gasteiger partial charge in [-0.15, -0.1) is 0 Å². The molecule has 0 atom stereocenters. The lowest BCUT2D eigenvalue weighted by molar-refractivity contribution is -0.385. The van der Waals surface area contributed by atoms with Crippen LogP contribution in [0, 0.1) is 32.1 Å². The minimum absolute atomic E-state index is 0.0203. The lowest BCUT2D eigenvalue weighted by atomic mass is 10.2. The normalized spacial score (nSPS) is 10.0. The van der Waals surface area contributed by atoms with Gasteiger partial charge in [0, 0.05) is 29.8 Å². The summed E-state index contributed by atoms with van der Waals surface area (Å²) >= 11 is 0. The number of non-ortho nitro benzene ring substituents is 2. The molecule has 0 radical (unpaired) electrons. The first kappa shape index (κ1) is 14.9. The Balaban J connectivity index is 2.03. The second-order valence-corrected chi connectivity index (χ2v) is 4.26. The van der Waals surface area contributed by atoms with Gasteiger partial charge in [-0.3, -0.25) is 20.2 Å². The standard InChI is InChI=1S/C16H10N2O4/c19-17(20)15-9-5-13(6-10-15)3-1-2-4-14-7-11-16(12-8-14)18(21)22/h1,3,5-12H. The lowest BCUT2D eigenvalue weighted by Crippen LogP contribution is -1.86. The number of nitro groups is 2. The van der Waals surface area contributed by atoms with Gasteiger partial charge in [0.25, 0.3) is 11.4 Å². The molecule has 0 fully saturated rings. The highest BCUT2D eigenvalue weighted by atomic mass is 16.6. The first-order chi connectivity index (χ1) is 10.6. The molecule has 0 amide bonds. The van der Waals surface area contributed by atoms with E-state index in [2.05, 4.69) is 11.8 Å². The molecule has 0 aliphatic carbocycles.